The Morgan fingerprint density at radius 1 is 1.47 bits per heavy atom. The van der Waals surface area contributed by atoms with Crippen LogP contribution in [0.3, 0.4) is 0 Å². The maximum atomic E-state index is 14.3. The highest BCUT2D eigenvalue weighted by molar-refractivity contribution is 7.03. The van der Waals surface area contributed by atoms with Crippen LogP contribution in [0.5, 0.6) is 5.75 Å². The van der Waals surface area contributed by atoms with Gasteiger partial charge in [-0.25, -0.2) is 4.39 Å². The molecule has 0 fully saturated rings. The van der Waals surface area contributed by atoms with E-state index in [1.807, 2.05) is 5.38 Å². The molecule has 0 saturated heterocycles. The number of benzene rings is 1. The third-order valence-electron chi connectivity index (χ3n) is 2.80. The van der Waals surface area contributed by atoms with Crippen molar-refractivity contribution >= 4 is 11.5 Å². The van der Waals surface area contributed by atoms with Gasteiger partial charge in [0.05, 0.1) is 18.8 Å². The molecule has 0 radical (unpaired) electrons. The Hall–Kier alpha value is -1.53. The van der Waals surface area contributed by atoms with Gasteiger partial charge in [0.1, 0.15) is 0 Å². The van der Waals surface area contributed by atoms with Crippen molar-refractivity contribution in [2.45, 2.75) is 19.4 Å². The first-order valence-electron chi connectivity index (χ1n) is 6.10. The van der Waals surface area contributed by atoms with Crippen LogP contribution in [0, 0.1) is 5.82 Å². The van der Waals surface area contributed by atoms with Gasteiger partial charge in [-0.2, -0.15) is 0 Å². The van der Waals surface area contributed by atoms with Crippen LogP contribution in [0.15, 0.2) is 23.6 Å². The molecule has 2 aromatic rings. The largest absolute Gasteiger partial charge is 0.494 e. The number of aromatic nitrogens is 2. The smallest absolute Gasteiger partial charge is 0.170 e. The Kier molecular flexibility index (Phi) is 4.81. The van der Waals surface area contributed by atoms with Crippen LogP contribution < -0.4 is 10.1 Å². The highest BCUT2D eigenvalue weighted by atomic mass is 32.1. The van der Waals surface area contributed by atoms with E-state index < -0.39 is 0 Å². The lowest BCUT2D eigenvalue weighted by Crippen LogP contribution is -2.24. The molecule has 1 heterocycles. The molecule has 2 rings (SSSR count). The predicted octanol–water partition coefficient (Wildman–Crippen LogP) is 2.77. The molecular formula is C13H16FN3OS. The minimum atomic E-state index is -0.355. The molecule has 19 heavy (non-hydrogen) atoms. The first-order valence-corrected chi connectivity index (χ1v) is 6.94. The molecule has 4 nitrogen and oxygen atoms in total. The van der Waals surface area contributed by atoms with E-state index in [1.165, 1.54) is 18.6 Å². The molecule has 1 aromatic heterocycles. The van der Waals surface area contributed by atoms with Gasteiger partial charge in [-0.15, -0.1) is 5.10 Å². The second-order valence-corrected chi connectivity index (χ2v) is 4.69. The summed E-state index contributed by atoms with van der Waals surface area (Å²) >= 11 is 1.26. The summed E-state index contributed by atoms with van der Waals surface area (Å²) in [7, 11) is 1.46. The number of hydrogen-bond acceptors (Lipinski definition) is 5. The Morgan fingerprint density at radius 2 is 2.32 bits per heavy atom. The van der Waals surface area contributed by atoms with Crippen molar-refractivity contribution in [2.24, 2.45) is 0 Å². The van der Waals surface area contributed by atoms with Crippen molar-refractivity contribution in [1.29, 1.82) is 0 Å². The summed E-state index contributed by atoms with van der Waals surface area (Å²) in [5.74, 6) is -0.115. The second kappa shape index (κ2) is 6.58. The topological polar surface area (TPSA) is 47.0 Å². The first-order chi connectivity index (χ1) is 9.27. The molecule has 1 unspecified atom stereocenters. The molecule has 0 aliphatic heterocycles. The summed E-state index contributed by atoms with van der Waals surface area (Å²) in [6, 6.07) is 4.82. The number of halogens is 1. The van der Waals surface area contributed by atoms with Crippen molar-refractivity contribution in [3.8, 4) is 5.75 Å². The van der Waals surface area contributed by atoms with Gasteiger partial charge in [0, 0.05) is 10.9 Å². The standard InChI is InChI=1S/C13H16FN3OS/c1-3-7-15-13(10-8-19-17-16-10)9-5-4-6-11(18-2)12(9)14/h4-6,8,13,15H,3,7H2,1-2H3. The summed E-state index contributed by atoms with van der Waals surface area (Å²) < 4.78 is 23.2. The number of nitrogens with zero attached hydrogens (tertiary/aromatic N) is 2. The van der Waals surface area contributed by atoms with Crippen molar-refractivity contribution in [1.82, 2.24) is 14.9 Å². The number of ether oxygens (including phenoxy) is 1. The van der Waals surface area contributed by atoms with Crippen LogP contribution in [0.25, 0.3) is 0 Å². The zero-order valence-electron chi connectivity index (χ0n) is 10.9. The van der Waals surface area contributed by atoms with Gasteiger partial charge >= 0.3 is 0 Å². The lowest BCUT2D eigenvalue weighted by Gasteiger charge is -2.18. The Balaban J connectivity index is 2.38. The van der Waals surface area contributed by atoms with Crippen molar-refractivity contribution in [2.75, 3.05) is 13.7 Å². The molecular weight excluding hydrogens is 265 g/mol. The summed E-state index contributed by atoms with van der Waals surface area (Å²) in [6.07, 6.45) is 0.958. The van der Waals surface area contributed by atoms with E-state index in [1.54, 1.807) is 18.2 Å². The fourth-order valence-electron chi connectivity index (χ4n) is 1.87. The monoisotopic (exact) mass is 281 g/mol. The number of rotatable bonds is 6. The number of hydrogen-bond donors (Lipinski definition) is 1. The maximum absolute atomic E-state index is 14.3. The molecule has 0 aliphatic rings. The van der Waals surface area contributed by atoms with Crippen LogP contribution in [0.4, 0.5) is 4.39 Å². The van der Waals surface area contributed by atoms with Crippen LogP contribution >= 0.6 is 11.5 Å². The van der Waals surface area contributed by atoms with E-state index in [2.05, 4.69) is 21.8 Å². The Morgan fingerprint density at radius 3 is 2.95 bits per heavy atom. The van der Waals surface area contributed by atoms with Crippen LogP contribution in [-0.2, 0) is 0 Å². The van der Waals surface area contributed by atoms with Crippen LogP contribution in [0.2, 0.25) is 0 Å². The number of nitrogens with one attached hydrogen (secondary N) is 1. The fourth-order valence-corrected chi connectivity index (χ4v) is 2.35. The van der Waals surface area contributed by atoms with Crippen LogP contribution in [0.1, 0.15) is 30.6 Å². The summed E-state index contributed by atoms with van der Waals surface area (Å²) in [5.41, 5.74) is 1.26. The molecule has 0 bridgehead atoms. The molecule has 1 aromatic carbocycles. The van der Waals surface area contributed by atoms with E-state index in [4.69, 9.17) is 4.74 Å². The third-order valence-corrected chi connectivity index (χ3v) is 3.32. The Labute approximate surface area is 115 Å². The summed E-state index contributed by atoms with van der Waals surface area (Å²) in [6.45, 7) is 2.84. The predicted molar refractivity (Wildman–Crippen MR) is 73.0 cm³/mol. The van der Waals surface area contributed by atoms with E-state index >= 15 is 0 Å². The van der Waals surface area contributed by atoms with Crippen molar-refractivity contribution in [3.05, 3.63) is 40.7 Å². The summed E-state index contributed by atoms with van der Waals surface area (Å²) in [4.78, 5) is 0. The quantitative estimate of drug-likeness (QED) is 0.884. The first kappa shape index (κ1) is 13.9. The van der Waals surface area contributed by atoms with Gasteiger partial charge in [-0.1, -0.05) is 23.5 Å². The van der Waals surface area contributed by atoms with E-state index in [-0.39, 0.29) is 17.6 Å². The molecule has 0 saturated carbocycles. The minimum Gasteiger partial charge on any atom is -0.494 e. The fraction of sp³-hybridized carbons (Fsp3) is 0.385. The lowest BCUT2D eigenvalue weighted by atomic mass is 10.0. The normalized spacial score (nSPS) is 12.4. The zero-order valence-corrected chi connectivity index (χ0v) is 11.7. The van der Waals surface area contributed by atoms with Crippen molar-refractivity contribution in [3.63, 3.8) is 0 Å². The molecule has 6 heteroatoms. The van der Waals surface area contributed by atoms with Gasteiger partial charge in [-0.3, -0.25) is 0 Å². The van der Waals surface area contributed by atoms with E-state index in [9.17, 15) is 4.39 Å². The van der Waals surface area contributed by atoms with Gasteiger partial charge < -0.3 is 10.1 Å². The van der Waals surface area contributed by atoms with Gasteiger partial charge in [0.25, 0.3) is 0 Å². The molecule has 0 aliphatic carbocycles. The zero-order chi connectivity index (χ0) is 13.7. The molecule has 0 amide bonds. The minimum absolute atomic E-state index is 0.240. The molecule has 1 atom stereocenters. The van der Waals surface area contributed by atoms with Crippen molar-refractivity contribution < 1.29 is 9.13 Å². The lowest BCUT2D eigenvalue weighted by molar-refractivity contribution is 0.381. The average molecular weight is 281 g/mol. The Bertz CT molecular complexity index is 519. The highest BCUT2D eigenvalue weighted by Crippen LogP contribution is 2.28. The molecule has 102 valence electrons. The summed E-state index contributed by atoms with van der Waals surface area (Å²) in [5, 5.41) is 9.16. The van der Waals surface area contributed by atoms with Gasteiger partial charge in [0.15, 0.2) is 11.6 Å². The SMILES string of the molecule is CCCNC(c1csnn1)c1cccc(OC)c1F. The van der Waals surface area contributed by atoms with Gasteiger partial charge in [-0.05, 0) is 30.6 Å². The second-order valence-electron chi connectivity index (χ2n) is 4.08. The maximum Gasteiger partial charge on any atom is 0.170 e. The molecule has 0 spiro atoms. The average Bonchev–Trinajstić information content (AvgIpc) is 2.95. The van der Waals surface area contributed by atoms with E-state index in [0.717, 1.165) is 18.7 Å². The van der Waals surface area contributed by atoms with Gasteiger partial charge in [0.2, 0.25) is 0 Å². The molecule has 1 N–H and O–H groups in total. The van der Waals surface area contributed by atoms with E-state index in [0.29, 0.717) is 5.56 Å². The number of methoxy groups -OCH3 is 1. The highest BCUT2D eigenvalue weighted by Gasteiger charge is 2.21. The third kappa shape index (κ3) is 3.08. The van der Waals surface area contributed by atoms with Crippen LogP contribution in [-0.4, -0.2) is 23.2 Å².